The Hall–Kier alpha value is -2.82. The van der Waals surface area contributed by atoms with Crippen LogP contribution >= 0.6 is 22.7 Å². The van der Waals surface area contributed by atoms with E-state index in [2.05, 4.69) is 10.3 Å². The molecule has 3 aromatic rings. The van der Waals surface area contributed by atoms with E-state index in [0.29, 0.717) is 15.6 Å². The highest BCUT2D eigenvalue weighted by molar-refractivity contribution is 7.16. The molecular formula is C17H10FN3OS2. The van der Waals surface area contributed by atoms with E-state index in [4.69, 9.17) is 0 Å². The van der Waals surface area contributed by atoms with E-state index in [1.807, 2.05) is 6.07 Å². The molecule has 0 aliphatic carbocycles. The van der Waals surface area contributed by atoms with Gasteiger partial charge in [-0.25, -0.2) is 9.37 Å². The van der Waals surface area contributed by atoms with Gasteiger partial charge in [0.15, 0.2) is 5.13 Å². The quantitative estimate of drug-likeness (QED) is 0.551. The van der Waals surface area contributed by atoms with Crippen LogP contribution in [0.2, 0.25) is 0 Å². The summed E-state index contributed by atoms with van der Waals surface area (Å²) in [6.07, 6.45) is 3.05. The van der Waals surface area contributed by atoms with Gasteiger partial charge in [0.2, 0.25) is 0 Å². The maximum atomic E-state index is 13.8. The van der Waals surface area contributed by atoms with E-state index in [1.54, 1.807) is 41.9 Å². The number of thiophene rings is 1. The first kappa shape index (κ1) is 16.1. The number of thiazole rings is 1. The molecule has 0 spiro atoms. The van der Waals surface area contributed by atoms with Crippen molar-refractivity contribution < 1.29 is 9.18 Å². The second-order valence-electron chi connectivity index (χ2n) is 4.64. The molecule has 0 radical (unpaired) electrons. The van der Waals surface area contributed by atoms with Gasteiger partial charge >= 0.3 is 0 Å². The molecule has 0 aliphatic rings. The Morgan fingerprint density at radius 2 is 2.12 bits per heavy atom. The van der Waals surface area contributed by atoms with Crippen LogP contribution in [-0.4, -0.2) is 10.9 Å². The molecule has 0 atom stereocenters. The number of amides is 1. The van der Waals surface area contributed by atoms with Gasteiger partial charge in [-0.3, -0.25) is 10.1 Å². The average molecular weight is 355 g/mol. The smallest absolute Gasteiger partial charge is 0.268 e. The third-order valence-electron chi connectivity index (χ3n) is 3.07. The zero-order chi connectivity index (χ0) is 16.9. The van der Waals surface area contributed by atoms with Gasteiger partial charge in [-0.15, -0.1) is 22.7 Å². The largest absolute Gasteiger partial charge is 0.297 e. The van der Waals surface area contributed by atoms with Crippen molar-refractivity contribution in [2.45, 2.75) is 0 Å². The minimum Gasteiger partial charge on any atom is -0.297 e. The predicted molar refractivity (Wildman–Crippen MR) is 94.0 cm³/mol. The SMILES string of the molecule is N#C/C(=C\c1ccc(-c2ccccc2F)s1)C(=O)Nc1nccs1. The van der Waals surface area contributed by atoms with E-state index in [0.717, 1.165) is 4.88 Å². The van der Waals surface area contributed by atoms with Crippen LogP contribution in [0.3, 0.4) is 0 Å². The van der Waals surface area contributed by atoms with Crippen molar-refractivity contribution in [2.75, 3.05) is 5.32 Å². The zero-order valence-electron chi connectivity index (χ0n) is 12.2. The zero-order valence-corrected chi connectivity index (χ0v) is 13.8. The molecule has 7 heteroatoms. The highest BCUT2D eigenvalue weighted by Crippen LogP contribution is 2.31. The number of aromatic nitrogens is 1. The Kier molecular flexibility index (Phi) is 4.79. The first-order valence-corrected chi connectivity index (χ1v) is 8.54. The van der Waals surface area contributed by atoms with Crippen molar-refractivity contribution in [3.05, 3.63) is 64.2 Å². The van der Waals surface area contributed by atoms with Gasteiger partial charge in [0.1, 0.15) is 17.5 Å². The molecule has 0 saturated heterocycles. The van der Waals surface area contributed by atoms with Crippen LogP contribution < -0.4 is 5.32 Å². The van der Waals surface area contributed by atoms with Gasteiger partial charge in [0.25, 0.3) is 5.91 Å². The Bertz CT molecular complexity index is 939. The molecule has 0 bridgehead atoms. The Balaban J connectivity index is 1.83. The number of benzene rings is 1. The fraction of sp³-hybridized carbons (Fsp3) is 0. The minimum absolute atomic E-state index is 0.0351. The summed E-state index contributed by atoms with van der Waals surface area (Å²) in [7, 11) is 0. The maximum absolute atomic E-state index is 13.8. The molecule has 0 saturated carbocycles. The van der Waals surface area contributed by atoms with Crippen LogP contribution in [0.1, 0.15) is 4.88 Å². The standard InChI is InChI=1S/C17H10FN3OS2/c18-14-4-2-1-3-13(14)15-6-5-12(24-15)9-11(10-19)16(22)21-17-20-7-8-23-17/h1-9H,(H,20,21,22)/b11-9+. The van der Waals surface area contributed by atoms with Crippen molar-refractivity contribution in [3.63, 3.8) is 0 Å². The summed E-state index contributed by atoms with van der Waals surface area (Å²) in [6.45, 7) is 0. The van der Waals surface area contributed by atoms with Gasteiger partial charge < -0.3 is 0 Å². The van der Waals surface area contributed by atoms with Gasteiger partial charge in [-0.05, 0) is 24.3 Å². The van der Waals surface area contributed by atoms with Gasteiger partial charge in [-0.1, -0.05) is 18.2 Å². The average Bonchev–Trinajstić information content (AvgIpc) is 3.24. The molecule has 24 heavy (non-hydrogen) atoms. The Morgan fingerprint density at radius 1 is 1.29 bits per heavy atom. The van der Waals surface area contributed by atoms with Crippen molar-refractivity contribution >= 4 is 39.8 Å². The summed E-state index contributed by atoms with van der Waals surface area (Å²) < 4.78 is 13.8. The number of nitrogens with one attached hydrogen (secondary N) is 1. The number of carbonyl (C=O) groups is 1. The number of halogens is 1. The monoisotopic (exact) mass is 355 g/mol. The van der Waals surface area contributed by atoms with Gasteiger partial charge in [0.05, 0.1) is 0 Å². The van der Waals surface area contributed by atoms with Crippen LogP contribution in [-0.2, 0) is 4.79 Å². The molecule has 1 amide bonds. The van der Waals surface area contributed by atoms with Crippen molar-refractivity contribution in [3.8, 4) is 16.5 Å². The summed E-state index contributed by atoms with van der Waals surface area (Å²) in [6, 6.07) is 11.9. The van der Waals surface area contributed by atoms with E-state index in [-0.39, 0.29) is 11.4 Å². The summed E-state index contributed by atoms with van der Waals surface area (Å²) in [5.74, 6) is -0.829. The summed E-state index contributed by atoms with van der Waals surface area (Å²) >= 11 is 2.58. The fourth-order valence-electron chi connectivity index (χ4n) is 1.98. The van der Waals surface area contributed by atoms with Crippen molar-refractivity contribution in [2.24, 2.45) is 0 Å². The number of rotatable bonds is 4. The summed E-state index contributed by atoms with van der Waals surface area (Å²) in [4.78, 5) is 17.5. The lowest BCUT2D eigenvalue weighted by Gasteiger charge is -1.99. The molecule has 1 N–H and O–H groups in total. The second kappa shape index (κ2) is 7.17. The number of anilines is 1. The number of carbonyl (C=O) groups excluding carboxylic acids is 1. The molecule has 2 heterocycles. The minimum atomic E-state index is -0.520. The van der Waals surface area contributed by atoms with Gasteiger partial charge in [0, 0.05) is 26.9 Å². The molecule has 3 rings (SSSR count). The highest BCUT2D eigenvalue weighted by Gasteiger charge is 2.12. The number of nitriles is 1. The molecule has 118 valence electrons. The van der Waals surface area contributed by atoms with Crippen molar-refractivity contribution in [1.29, 1.82) is 5.26 Å². The summed E-state index contributed by atoms with van der Waals surface area (Å²) in [5, 5.41) is 13.9. The lowest BCUT2D eigenvalue weighted by Crippen LogP contribution is -2.12. The predicted octanol–water partition coefficient (Wildman–Crippen LogP) is 4.56. The van der Waals surface area contributed by atoms with Crippen molar-refractivity contribution in [1.82, 2.24) is 4.98 Å². The molecule has 0 aliphatic heterocycles. The van der Waals surface area contributed by atoms with Crippen LogP contribution in [0, 0.1) is 17.1 Å². The van der Waals surface area contributed by atoms with E-state index in [1.165, 1.54) is 34.8 Å². The van der Waals surface area contributed by atoms with Crippen LogP contribution in [0.4, 0.5) is 9.52 Å². The molecule has 2 aromatic heterocycles. The summed E-state index contributed by atoms with van der Waals surface area (Å²) in [5.41, 5.74) is 0.458. The first-order chi connectivity index (χ1) is 11.7. The van der Waals surface area contributed by atoms with Crippen LogP contribution in [0.15, 0.2) is 53.5 Å². The highest BCUT2D eigenvalue weighted by atomic mass is 32.1. The van der Waals surface area contributed by atoms with Crippen LogP contribution in [0.5, 0.6) is 0 Å². The molecule has 1 aromatic carbocycles. The van der Waals surface area contributed by atoms with Gasteiger partial charge in [-0.2, -0.15) is 5.26 Å². The molecule has 0 fully saturated rings. The lowest BCUT2D eigenvalue weighted by atomic mass is 10.2. The fourth-order valence-corrected chi connectivity index (χ4v) is 3.48. The normalized spacial score (nSPS) is 11.1. The van der Waals surface area contributed by atoms with E-state index in [9.17, 15) is 14.4 Å². The first-order valence-electron chi connectivity index (χ1n) is 6.85. The molecular weight excluding hydrogens is 345 g/mol. The number of nitrogens with zero attached hydrogens (tertiary/aromatic N) is 2. The third kappa shape index (κ3) is 3.56. The molecule has 0 unspecified atom stereocenters. The maximum Gasteiger partial charge on any atom is 0.268 e. The second-order valence-corrected chi connectivity index (χ2v) is 6.65. The van der Waals surface area contributed by atoms with Crippen LogP contribution in [0.25, 0.3) is 16.5 Å². The third-order valence-corrected chi connectivity index (χ3v) is 4.82. The topological polar surface area (TPSA) is 65.8 Å². The molecule has 4 nitrogen and oxygen atoms in total. The Labute approximate surface area is 145 Å². The number of hydrogen-bond donors (Lipinski definition) is 1. The van der Waals surface area contributed by atoms with E-state index >= 15 is 0 Å². The Morgan fingerprint density at radius 3 is 2.83 bits per heavy atom. The number of hydrogen-bond acceptors (Lipinski definition) is 5. The van der Waals surface area contributed by atoms with E-state index < -0.39 is 5.91 Å². The lowest BCUT2D eigenvalue weighted by molar-refractivity contribution is -0.112.